The molecule has 1 aliphatic heterocycles. The molecule has 1 aromatic carbocycles. The van der Waals surface area contributed by atoms with Gasteiger partial charge in [-0.2, -0.15) is 0 Å². The summed E-state index contributed by atoms with van der Waals surface area (Å²) in [5, 5.41) is 12.4. The van der Waals surface area contributed by atoms with E-state index in [1.54, 1.807) is 0 Å². The molecule has 2 rings (SSSR count). The lowest BCUT2D eigenvalue weighted by Gasteiger charge is -2.23. The summed E-state index contributed by atoms with van der Waals surface area (Å²) in [6, 6.07) is 5.97. The summed E-state index contributed by atoms with van der Waals surface area (Å²) < 4.78 is 0. The van der Waals surface area contributed by atoms with E-state index in [2.05, 4.69) is 5.32 Å². The van der Waals surface area contributed by atoms with Gasteiger partial charge in [-0.1, -0.05) is 25.1 Å². The highest BCUT2D eigenvalue weighted by atomic mass is 16.4. The molecule has 1 unspecified atom stereocenters. The third-order valence-corrected chi connectivity index (χ3v) is 3.23. The van der Waals surface area contributed by atoms with E-state index < -0.39 is 11.5 Å². The Balaban J connectivity index is 2.44. The molecule has 1 atom stereocenters. The van der Waals surface area contributed by atoms with E-state index in [9.17, 15) is 9.90 Å². The largest absolute Gasteiger partial charge is 0.479 e. The summed E-state index contributed by atoms with van der Waals surface area (Å²) in [7, 11) is 0. The van der Waals surface area contributed by atoms with Crippen LogP contribution in [0, 0.1) is 6.92 Å². The topological polar surface area (TPSA) is 49.3 Å². The van der Waals surface area contributed by atoms with Crippen LogP contribution in [0.2, 0.25) is 0 Å². The molecule has 1 aliphatic rings. The first-order chi connectivity index (χ1) is 7.09. The number of carbonyl (C=O) groups is 1. The van der Waals surface area contributed by atoms with Crippen molar-refractivity contribution in [3.63, 3.8) is 0 Å². The van der Waals surface area contributed by atoms with Crippen molar-refractivity contribution in [2.45, 2.75) is 32.2 Å². The van der Waals surface area contributed by atoms with Gasteiger partial charge in [0.25, 0.3) is 0 Å². The molecule has 2 N–H and O–H groups in total. The Morgan fingerprint density at radius 3 is 2.87 bits per heavy atom. The number of aryl methyl sites for hydroxylation is 1. The van der Waals surface area contributed by atoms with Crippen LogP contribution in [0.25, 0.3) is 0 Å². The number of carboxylic acids is 1. The fraction of sp³-hybridized carbons (Fsp3) is 0.417. The lowest BCUT2D eigenvalue weighted by molar-refractivity contribution is -0.142. The minimum Gasteiger partial charge on any atom is -0.479 e. The summed E-state index contributed by atoms with van der Waals surface area (Å²) in [4.78, 5) is 11.3. The Labute approximate surface area is 89.1 Å². The first-order valence-electron chi connectivity index (χ1n) is 5.19. The van der Waals surface area contributed by atoms with Gasteiger partial charge in [-0.15, -0.1) is 0 Å². The highest BCUT2D eigenvalue weighted by Gasteiger charge is 2.42. The van der Waals surface area contributed by atoms with Crippen molar-refractivity contribution in [3.05, 3.63) is 29.3 Å². The summed E-state index contributed by atoms with van der Waals surface area (Å²) >= 11 is 0. The zero-order chi connectivity index (χ0) is 11.1. The minimum absolute atomic E-state index is 0.579. The van der Waals surface area contributed by atoms with Crippen molar-refractivity contribution in [2.24, 2.45) is 0 Å². The summed E-state index contributed by atoms with van der Waals surface area (Å²) in [5.74, 6) is -0.763. The number of anilines is 1. The lowest BCUT2D eigenvalue weighted by atomic mass is 9.92. The SMILES string of the molecule is CCC1(C(=O)O)Cc2cccc(C)c2N1. The molecule has 3 nitrogen and oxygen atoms in total. The first-order valence-corrected chi connectivity index (χ1v) is 5.19. The second-order valence-corrected chi connectivity index (χ2v) is 4.15. The minimum atomic E-state index is -0.797. The Hall–Kier alpha value is -1.51. The average molecular weight is 205 g/mol. The molecule has 80 valence electrons. The van der Waals surface area contributed by atoms with Gasteiger partial charge in [0.1, 0.15) is 5.54 Å². The van der Waals surface area contributed by atoms with Crippen LogP contribution in [0.1, 0.15) is 24.5 Å². The molecular weight excluding hydrogens is 190 g/mol. The standard InChI is InChI=1S/C12H15NO2/c1-3-12(11(14)15)7-9-6-4-5-8(2)10(9)13-12/h4-6,13H,3,7H2,1-2H3,(H,14,15). The first kappa shape index (κ1) is 10.0. The molecule has 15 heavy (non-hydrogen) atoms. The molecule has 0 fully saturated rings. The van der Waals surface area contributed by atoms with E-state index in [0.717, 1.165) is 16.8 Å². The summed E-state index contributed by atoms with van der Waals surface area (Å²) in [5.41, 5.74) is 2.43. The van der Waals surface area contributed by atoms with Crippen molar-refractivity contribution >= 4 is 11.7 Å². The van der Waals surface area contributed by atoms with E-state index in [1.165, 1.54) is 0 Å². The van der Waals surface area contributed by atoms with E-state index in [4.69, 9.17) is 0 Å². The maximum Gasteiger partial charge on any atom is 0.329 e. The van der Waals surface area contributed by atoms with Gasteiger partial charge < -0.3 is 10.4 Å². The molecule has 1 heterocycles. The second-order valence-electron chi connectivity index (χ2n) is 4.15. The Morgan fingerprint density at radius 1 is 1.60 bits per heavy atom. The molecule has 0 aliphatic carbocycles. The van der Waals surface area contributed by atoms with Crippen LogP contribution in [0.5, 0.6) is 0 Å². The summed E-state index contributed by atoms with van der Waals surface area (Å²) in [6.07, 6.45) is 1.17. The van der Waals surface area contributed by atoms with Gasteiger partial charge in [0.15, 0.2) is 0 Å². The Bertz CT molecular complexity index is 414. The van der Waals surface area contributed by atoms with Crippen LogP contribution in [0.4, 0.5) is 5.69 Å². The normalized spacial score (nSPS) is 23.3. The van der Waals surface area contributed by atoms with Gasteiger partial charge in [-0.05, 0) is 24.5 Å². The number of hydrogen-bond acceptors (Lipinski definition) is 2. The lowest BCUT2D eigenvalue weighted by Crippen LogP contribution is -2.44. The maximum absolute atomic E-state index is 11.3. The molecule has 3 heteroatoms. The van der Waals surface area contributed by atoms with Gasteiger partial charge in [-0.3, -0.25) is 0 Å². The van der Waals surface area contributed by atoms with Crippen molar-refractivity contribution in [1.29, 1.82) is 0 Å². The number of hydrogen-bond donors (Lipinski definition) is 2. The third-order valence-electron chi connectivity index (χ3n) is 3.23. The molecule has 0 aromatic heterocycles. The molecule has 0 amide bonds. The van der Waals surface area contributed by atoms with Crippen LogP contribution in [0.3, 0.4) is 0 Å². The Kier molecular flexibility index (Phi) is 2.18. The zero-order valence-corrected chi connectivity index (χ0v) is 9.00. The molecule has 0 spiro atoms. The molecule has 0 bridgehead atoms. The van der Waals surface area contributed by atoms with E-state index in [-0.39, 0.29) is 0 Å². The van der Waals surface area contributed by atoms with Crippen molar-refractivity contribution in [1.82, 2.24) is 0 Å². The number of rotatable bonds is 2. The smallest absolute Gasteiger partial charge is 0.329 e. The quantitative estimate of drug-likeness (QED) is 0.778. The van der Waals surface area contributed by atoms with Crippen LogP contribution >= 0.6 is 0 Å². The maximum atomic E-state index is 11.3. The van der Waals surface area contributed by atoms with E-state index >= 15 is 0 Å². The van der Waals surface area contributed by atoms with Crippen molar-refractivity contribution in [3.8, 4) is 0 Å². The molecule has 0 saturated heterocycles. The predicted octanol–water partition coefficient (Wildman–Crippen LogP) is 2.20. The average Bonchev–Trinajstić information content (AvgIpc) is 2.59. The van der Waals surface area contributed by atoms with Crippen molar-refractivity contribution < 1.29 is 9.90 Å². The molecule has 0 saturated carbocycles. The van der Waals surface area contributed by atoms with Gasteiger partial charge in [0.05, 0.1) is 0 Å². The third kappa shape index (κ3) is 1.39. The van der Waals surface area contributed by atoms with Crippen LogP contribution in [-0.4, -0.2) is 16.6 Å². The highest BCUT2D eigenvalue weighted by molar-refractivity contribution is 5.87. The van der Waals surface area contributed by atoms with Gasteiger partial charge in [-0.25, -0.2) is 4.79 Å². The van der Waals surface area contributed by atoms with Gasteiger partial charge in [0, 0.05) is 12.1 Å². The van der Waals surface area contributed by atoms with E-state index in [0.29, 0.717) is 12.8 Å². The van der Waals surface area contributed by atoms with Crippen LogP contribution < -0.4 is 5.32 Å². The molecular formula is C12H15NO2. The van der Waals surface area contributed by atoms with Gasteiger partial charge >= 0.3 is 5.97 Å². The molecule has 0 radical (unpaired) electrons. The van der Waals surface area contributed by atoms with Gasteiger partial charge in [0.2, 0.25) is 0 Å². The highest BCUT2D eigenvalue weighted by Crippen LogP contribution is 2.36. The number of para-hydroxylation sites is 1. The van der Waals surface area contributed by atoms with Crippen LogP contribution in [-0.2, 0) is 11.2 Å². The fourth-order valence-corrected chi connectivity index (χ4v) is 2.16. The van der Waals surface area contributed by atoms with Crippen LogP contribution in [0.15, 0.2) is 18.2 Å². The number of fused-ring (bicyclic) bond motifs is 1. The Morgan fingerprint density at radius 2 is 2.33 bits per heavy atom. The number of aliphatic carboxylic acids is 1. The van der Waals surface area contributed by atoms with Crippen molar-refractivity contribution in [2.75, 3.05) is 5.32 Å². The predicted molar refractivity (Wildman–Crippen MR) is 59.2 cm³/mol. The number of carboxylic acid groups (broad SMARTS) is 1. The second kappa shape index (κ2) is 3.26. The zero-order valence-electron chi connectivity index (χ0n) is 9.00. The fourth-order valence-electron chi connectivity index (χ4n) is 2.16. The number of benzene rings is 1. The summed E-state index contributed by atoms with van der Waals surface area (Å²) in [6.45, 7) is 3.90. The van der Waals surface area contributed by atoms with E-state index in [1.807, 2.05) is 32.0 Å². The number of nitrogens with one attached hydrogen (secondary N) is 1. The molecule has 1 aromatic rings. The monoisotopic (exact) mass is 205 g/mol.